The van der Waals surface area contributed by atoms with Gasteiger partial charge in [-0.1, -0.05) is 18.2 Å². The van der Waals surface area contributed by atoms with Crippen LogP contribution in [0.4, 0.5) is 0 Å². The highest BCUT2D eigenvalue weighted by Crippen LogP contribution is 2.26. The van der Waals surface area contributed by atoms with Crippen LogP contribution < -0.4 is 10.1 Å². The average Bonchev–Trinajstić information content (AvgIpc) is 2.42. The molecule has 2 aromatic rings. The molecule has 1 N–H and O–H groups in total. The zero-order valence-electron chi connectivity index (χ0n) is 11.0. The van der Waals surface area contributed by atoms with E-state index in [4.69, 9.17) is 10.00 Å². The molecule has 0 aliphatic carbocycles. The summed E-state index contributed by atoms with van der Waals surface area (Å²) in [6.45, 7) is 2.57. The molecule has 4 heteroatoms. The quantitative estimate of drug-likeness (QED) is 0.910. The number of ether oxygens (including phenoxy) is 1. The van der Waals surface area contributed by atoms with E-state index in [1.54, 1.807) is 12.1 Å². The summed E-state index contributed by atoms with van der Waals surface area (Å²) in [7, 11) is 1.88. The fourth-order valence-electron chi connectivity index (χ4n) is 1.74. The molecule has 0 fully saturated rings. The van der Waals surface area contributed by atoms with Crippen molar-refractivity contribution < 1.29 is 4.74 Å². The summed E-state index contributed by atoms with van der Waals surface area (Å²) in [5.74, 6) is 1.07. The summed E-state index contributed by atoms with van der Waals surface area (Å²) in [6, 6.07) is 13.3. The van der Waals surface area contributed by atoms with Crippen molar-refractivity contribution in [1.82, 2.24) is 10.3 Å². The molecule has 0 spiro atoms. The van der Waals surface area contributed by atoms with Crippen LogP contribution in [0.5, 0.6) is 11.6 Å². The van der Waals surface area contributed by atoms with Crippen LogP contribution in [0.1, 0.15) is 16.8 Å². The molecule has 0 saturated heterocycles. The zero-order valence-corrected chi connectivity index (χ0v) is 11.0. The van der Waals surface area contributed by atoms with Gasteiger partial charge in [0, 0.05) is 17.8 Å². The lowest BCUT2D eigenvalue weighted by molar-refractivity contribution is 0.452. The number of benzene rings is 1. The Morgan fingerprint density at radius 1 is 1.26 bits per heavy atom. The summed E-state index contributed by atoms with van der Waals surface area (Å²) in [5.41, 5.74) is 2.28. The normalized spacial score (nSPS) is 9.95. The van der Waals surface area contributed by atoms with Gasteiger partial charge in [-0.15, -0.1) is 0 Å². The summed E-state index contributed by atoms with van der Waals surface area (Å²) in [5, 5.41) is 12.2. The Morgan fingerprint density at radius 2 is 2.05 bits per heavy atom. The largest absolute Gasteiger partial charge is 0.437 e. The number of rotatable bonds is 4. The topological polar surface area (TPSA) is 57.9 Å². The molecule has 0 amide bonds. The highest BCUT2D eigenvalue weighted by Gasteiger charge is 2.09. The van der Waals surface area contributed by atoms with Gasteiger partial charge in [-0.2, -0.15) is 5.26 Å². The number of nitriles is 1. The molecule has 19 heavy (non-hydrogen) atoms. The third kappa shape index (κ3) is 3.09. The van der Waals surface area contributed by atoms with E-state index in [0.717, 1.165) is 11.3 Å². The van der Waals surface area contributed by atoms with Gasteiger partial charge in [-0.05, 0) is 32.2 Å². The first-order valence-electron chi connectivity index (χ1n) is 6.02. The second-order valence-corrected chi connectivity index (χ2v) is 4.16. The first kappa shape index (κ1) is 13.1. The Bertz CT molecular complexity index is 617. The van der Waals surface area contributed by atoms with Crippen molar-refractivity contribution in [3.05, 3.63) is 53.2 Å². The number of nitrogens with zero attached hydrogens (tertiary/aromatic N) is 2. The van der Waals surface area contributed by atoms with Crippen molar-refractivity contribution in [3.8, 4) is 17.7 Å². The fourth-order valence-corrected chi connectivity index (χ4v) is 1.74. The Balaban J connectivity index is 2.36. The average molecular weight is 253 g/mol. The van der Waals surface area contributed by atoms with E-state index in [2.05, 4.69) is 16.4 Å². The Hall–Kier alpha value is -2.38. The predicted molar refractivity (Wildman–Crippen MR) is 73.0 cm³/mol. The second kappa shape index (κ2) is 5.98. The van der Waals surface area contributed by atoms with Gasteiger partial charge in [0.15, 0.2) is 0 Å². The number of aromatic nitrogens is 1. The lowest BCUT2D eigenvalue weighted by Gasteiger charge is -2.11. The molecule has 1 heterocycles. The molecule has 0 aliphatic heterocycles. The lowest BCUT2D eigenvalue weighted by atomic mass is 10.2. The molecule has 0 atom stereocenters. The Labute approximate surface area is 112 Å². The molecule has 1 aromatic heterocycles. The van der Waals surface area contributed by atoms with Gasteiger partial charge >= 0.3 is 0 Å². The maximum Gasteiger partial charge on any atom is 0.237 e. The number of aryl methyl sites for hydroxylation is 1. The van der Waals surface area contributed by atoms with E-state index in [-0.39, 0.29) is 0 Å². The van der Waals surface area contributed by atoms with Crippen LogP contribution >= 0.6 is 0 Å². The van der Waals surface area contributed by atoms with Gasteiger partial charge in [0.1, 0.15) is 17.4 Å². The van der Waals surface area contributed by atoms with E-state index >= 15 is 0 Å². The zero-order chi connectivity index (χ0) is 13.7. The highest BCUT2D eigenvalue weighted by molar-refractivity contribution is 5.43. The highest BCUT2D eigenvalue weighted by atomic mass is 16.5. The van der Waals surface area contributed by atoms with Crippen LogP contribution in [0.3, 0.4) is 0 Å². The molecule has 0 bridgehead atoms. The van der Waals surface area contributed by atoms with Crippen LogP contribution in [0.2, 0.25) is 0 Å². The van der Waals surface area contributed by atoms with Crippen molar-refractivity contribution in [2.75, 3.05) is 7.05 Å². The van der Waals surface area contributed by atoms with Crippen LogP contribution in [-0.2, 0) is 6.54 Å². The number of nitrogens with one attached hydrogen (secondary N) is 1. The Kier molecular flexibility index (Phi) is 4.11. The van der Waals surface area contributed by atoms with Gasteiger partial charge in [-0.25, -0.2) is 4.98 Å². The van der Waals surface area contributed by atoms with Gasteiger partial charge < -0.3 is 10.1 Å². The van der Waals surface area contributed by atoms with Crippen LogP contribution in [0, 0.1) is 18.3 Å². The summed E-state index contributed by atoms with van der Waals surface area (Å²) >= 11 is 0. The smallest absolute Gasteiger partial charge is 0.237 e. The van der Waals surface area contributed by atoms with E-state index in [1.165, 1.54) is 0 Å². The van der Waals surface area contributed by atoms with E-state index in [9.17, 15) is 0 Å². The van der Waals surface area contributed by atoms with Crippen molar-refractivity contribution in [2.45, 2.75) is 13.5 Å². The van der Waals surface area contributed by atoms with Crippen LogP contribution in [0.25, 0.3) is 0 Å². The molecule has 0 radical (unpaired) electrons. The monoisotopic (exact) mass is 253 g/mol. The van der Waals surface area contributed by atoms with Gasteiger partial charge in [0.05, 0.1) is 0 Å². The standard InChI is InChI=1S/C15H15N3O/c1-11-7-8-12(9-16)15(18-11)19-14-6-4-3-5-13(14)10-17-2/h3-8,17H,10H2,1-2H3. The number of para-hydroxylation sites is 1. The van der Waals surface area contributed by atoms with Crippen LogP contribution in [0.15, 0.2) is 36.4 Å². The molecular formula is C15H15N3O. The van der Waals surface area contributed by atoms with E-state index in [1.807, 2.05) is 38.2 Å². The van der Waals surface area contributed by atoms with Gasteiger partial charge in [0.2, 0.25) is 5.88 Å². The molecule has 1 aromatic carbocycles. The van der Waals surface area contributed by atoms with Crippen molar-refractivity contribution in [3.63, 3.8) is 0 Å². The van der Waals surface area contributed by atoms with E-state index < -0.39 is 0 Å². The second-order valence-electron chi connectivity index (χ2n) is 4.16. The van der Waals surface area contributed by atoms with Crippen LogP contribution in [-0.4, -0.2) is 12.0 Å². The van der Waals surface area contributed by atoms with Crippen molar-refractivity contribution in [1.29, 1.82) is 5.26 Å². The minimum absolute atomic E-state index is 0.353. The summed E-state index contributed by atoms with van der Waals surface area (Å²) in [6.07, 6.45) is 0. The van der Waals surface area contributed by atoms with Crippen molar-refractivity contribution in [2.24, 2.45) is 0 Å². The Morgan fingerprint density at radius 3 is 2.79 bits per heavy atom. The molecule has 2 rings (SSSR count). The first-order valence-corrected chi connectivity index (χ1v) is 6.02. The lowest BCUT2D eigenvalue weighted by Crippen LogP contribution is -2.06. The minimum Gasteiger partial charge on any atom is -0.437 e. The molecule has 0 aliphatic rings. The van der Waals surface area contributed by atoms with Crippen molar-refractivity contribution >= 4 is 0 Å². The van der Waals surface area contributed by atoms with Gasteiger partial charge in [-0.3, -0.25) is 0 Å². The first-order chi connectivity index (χ1) is 9.24. The number of pyridine rings is 1. The van der Waals surface area contributed by atoms with Gasteiger partial charge in [0.25, 0.3) is 0 Å². The third-order valence-corrected chi connectivity index (χ3v) is 2.67. The molecule has 0 unspecified atom stereocenters. The maximum absolute atomic E-state index is 9.08. The molecule has 4 nitrogen and oxygen atoms in total. The molecule has 0 saturated carbocycles. The third-order valence-electron chi connectivity index (χ3n) is 2.67. The number of hydrogen-bond donors (Lipinski definition) is 1. The molecular weight excluding hydrogens is 238 g/mol. The van der Waals surface area contributed by atoms with E-state index in [0.29, 0.717) is 23.7 Å². The molecule has 96 valence electrons. The fraction of sp³-hybridized carbons (Fsp3) is 0.200. The predicted octanol–water partition coefficient (Wildman–Crippen LogP) is 2.77. The summed E-state index contributed by atoms with van der Waals surface area (Å²) in [4.78, 5) is 4.28. The maximum atomic E-state index is 9.08. The SMILES string of the molecule is CNCc1ccccc1Oc1nc(C)ccc1C#N. The number of hydrogen-bond acceptors (Lipinski definition) is 4. The minimum atomic E-state index is 0.353. The summed E-state index contributed by atoms with van der Waals surface area (Å²) < 4.78 is 5.79.